The molecule has 0 aliphatic heterocycles. The van der Waals surface area contributed by atoms with Crippen LogP contribution in [0.25, 0.3) is 0 Å². The maximum atomic E-state index is 13.1. The molecule has 2 N–H and O–H groups in total. The minimum absolute atomic E-state index is 0.244. The molecule has 0 atom stereocenters. The number of benzene rings is 1. The first-order chi connectivity index (χ1) is 9.97. The van der Waals surface area contributed by atoms with Crippen LogP contribution in [0.4, 0.5) is 4.39 Å². The van der Waals surface area contributed by atoms with E-state index in [1.165, 1.54) is 24.4 Å². The predicted octanol–water partition coefficient (Wildman–Crippen LogP) is 1.97. The molecule has 2 aromatic rings. The molecular weight excluding hydrogens is 277 g/mol. The molecule has 5 nitrogen and oxygen atoms in total. The van der Waals surface area contributed by atoms with E-state index < -0.39 is 24.0 Å². The van der Waals surface area contributed by atoms with E-state index in [9.17, 15) is 18.8 Å². The van der Waals surface area contributed by atoms with Crippen LogP contribution in [0, 0.1) is 5.82 Å². The molecule has 2 rings (SSSR count). The Morgan fingerprint density at radius 3 is 2.62 bits per heavy atom. The normalized spacial score (nSPS) is 10.3. The third kappa shape index (κ3) is 3.62. The van der Waals surface area contributed by atoms with E-state index in [1.807, 2.05) is 0 Å². The first kappa shape index (κ1) is 14.6. The summed E-state index contributed by atoms with van der Waals surface area (Å²) in [6.07, 6.45) is 1.11. The van der Waals surface area contributed by atoms with Crippen molar-refractivity contribution in [3.8, 4) is 0 Å². The first-order valence-electron chi connectivity index (χ1n) is 6.17. The summed E-state index contributed by atoms with van der Waals surface area (Å²) in [6.45, 7) is 0. The first-order valence-corrected chi connectivity index (χ1v) is 6.17. The van der Waals surface area contributed by atoms with Gasteiger partial charge in [-0.2, -0.15) is 0 Å². The smallest absolute Gasteiger partial charge is 0.372 e. The Morgan fingerprint density at radius 2 is 1.95 bits per heavy atom. The van der Waals surface area contributed by atoms with Crippen LogP contribution in [0.5, 0.6) is 0 Å². The Kier molecular flexibility index (Phi) is 4.27. The molecule has 0 radical (unpaired) electrons. The average molecular weight is 289 g/mol. The standard InChI is InChI=1S/C15H12FNO4/c16-10-3-1-2-9(6-10)7-12-11(4-5-17-12)13(18)8-14(19)15(20)21/h1-6,17H,7-8H2,(H,20,21). The van der Waals surface area contributed by atoms with Crippen molar-refractivity contribution in [2.24, 2.45) is 0 Å². The van der Waals surface area contributed by atoms with Crippen LogP contribution in [0.1, 0.15) is 28.0 Å². The van der Waals surface area contributed by atoms with Crippen LogP contribution in [-0.4, -0.2) is 27.6 Å². The van der Waals surface area contributed by atoms with Gasteiger partial charge in [0.1, 0.15) is 5.82 Å². The lowest BCUT2D eigenvalue weighted by molar-refractivity contribution is -0.148. The minimum Gasteiger partial charge on any atom is -0.475 e. The van der Waals surface area contributed by atoms with Gasteiger partial charge in [0.05, 0.1) is 6.42 Å². The number of hydrogen-bond acceptors (Lipinski definition) is 3. The molecule has 21 heavy (non-hydrogen) atoms. The second-order valence-corrected chi connectivity index (χ2v) is 4.50. The van der Waals surface area contributed by atoms with E-state index in [2.05, 4.69) is 4.98 Å². The van der Waals surface area contributed by atoms with E-state index in [4.69, 9.17) is 5.11 Å². The molecule has 0 aliphatic carbocycles. The predicted molar refractivity (Wildman–Crippen MR) is 71.6 cm³/mol. The van der Waals surface area contributed by atoms with Crippen molar-refractivity contribution in [2.75, 3.05) is 0 Å². The summed E-state index contributed by atoms with van der Waals surface area (Å²) in [5.41, 5.74) is 1.42. The lowest BCUT2D eigenvalue weighted by Gasteiger charge is -2.03. The third-order valence-corrected chi connectivity index (χ3v) is 2.96. The Balaban J connectivity index is 2.17. The van der Waals surface area contributed by atoms with Crippen LogP contribution in [0.2, 0.25) is 0 Å². The molecule has 108 valence electrons. The molecule has 0 spiro atoms. The number of carboxylic acid groups (broad SMARTS) is 1. The highest BCUT2D eigenvalue weighted by atomic mass is 19.1. The van der Waals surface area contributed by atoms with E-state index in [1.54, 1.807) is 12.1 Å². The molecule has 1 aromatic carbocycles. The zero-order valence-corrected chi connectivity index (χ0v) is 10.9. The van der Waals surface area contributed by atoms with Gasteiger partial charge < -0.3 is 10.1 Å². The molecule has 0 aliphatic rings. The third-order valence-electron chi connectivity index (χ3n) is 2.96. The maximum absolute atomic E-state index is 13.1. The van der Waals surface area contributed by atoms with Crippen molar-refractivity contribution in [3.63, 3.8) is 0 Å². The fraction of sp³-hybridized carbons (Fsp3) is 0.133. The number of aromatic nitrogens is 1. The van der Waals surface area contributed by atoms with Gasteiger partial charge >= 0.3 is 5.97 Å². The van der Waals surface area contributed by atoms with E-state index >= 15 is 0 Å². The highest BCUT2D eigenvalue weighted by Gasteiger charge is 2.20. The van der Waals surface area contributed by atoms with Crippen molar-refractivity contribution >= 4 is 17.5 Å². The van der Waals surface area contributed by atoms with Crippen molar-refractivity contribution < 1.29 is 23.9 Å². The van der Waals surface area contributed by atoms with E-state index in [-0.39, 0.29) is 17.8 Å². The Morgan fingerprint density at radius 1 is 1.19 bits per heavy atom. The molecule has 0 fully saturated rings. The van der Waals surface area contributed by atoms with E-state index in [0.29, 0.717) is 11.3 Å². The Labute approximate surface area is 119 Å². The molecule has 0 saturated carbocycles. The SMILES string of the molecule is O=C(O)C(=O)CC(=O)c1cc[nH]c1Cc1cccc(F)c1. The van der Waals surface area contributed by atoms with Gasteiger partial charge in [-0.25, -0.2) is 9.18 Å². The number of Topliss-reactive ketones (excluding diaryl/α,β-unsaturated/α-hetero) is 2. The summed E-state index contributed by atoms with van der Waals surface area (Å²) in [5, 5.41) is 8.51. The van der Waals surface area contributed by atoms with Crippen LogP contribution in [-0.2, 0) is 16.0 Å². The lowest BCUT2D eigenvalue weighted by atomic mass is 10.0. The fourth-order valence-corrected chi connectivity index (χ4v) is 1.98. The average Bonchev–Trinajstić information content (AvgIpc) is 2.86. The second kappa shape index (κ2) is 6.13. The second-order valence-electron chi connectivity index (χ2n) is 4.50. The molecule has 6 heteroatoms. The van der Waals surface area contributed by atoms with Crippen molar-refractivity contribution in [1.82, 2.24) is 4.98 Å². The van der Waals surface area contributed by atoms with Gasteiger partial charge in [0.15, 0.2) is 5.78 Å². The lowest BCUT2D eigenvalue weighted by Crippen LogP contribution is -2.17. The number of aliphatic carboxylic acids is 1. The number of aromatic amines is 1. The molecule has 1 heterocycles. The number of carbonyl (C=O) groups is 3. The minimum atomic E-state index is -1.63. The fourth-order valence-electron chi connectivity index (χ4n) is 1.98. The Bertz CT molecular complexity index is 705. The topological polar surface area (TPSA) is 87.2 Å². The summed E-state index contributed by atoms with van der Waals surface area (Å²) in [5.74, 6) is -3.74. The summed E-state index contributed by atoms with van der Waals surface area (Å²) >= 11 is 0. The number of hydrogen-bond donors (Lipinski definition) is 2. The molecule has 0 bridgehead atoms. The quantitative estimate of drug-likeness (QED) is 0.483. The monoisotopic (exact) mass is 289 g/mol. The maximum Gasteiger partial charge on any atom is 0.372 e. The summed E-state index contributed by atoms with van der Waals surface area (Å²) in [4.78, 5) is 36.3. The summed E-state index contributed by atoms with van der Waals surface area (Å²) < 4.78 is 13.1. The van der Waals surface area contributed by atoms with E-state index in [0.717, 1.165) is 0 Å². The van der Waals surface area contributed by atoms with Crippen molar-refractivity contribution in [1.29, 1.82) is 0 Å². The van der Waals surface area contributed by atoms with Gasteiger partial charge in [0.2, 0.25) is 5.78 Å². The number of ketones is 2. The number of H-pyrrole nitrogens is 1. The zero-order chi connectivity index (χ0) is 15.4. The van der Waals surface area contributed by atoms with Gasteiger partial charge in [0.25, 0.3) is 0 Å². The highest BCUT2D eigenvalue weighted by molar-refractivity contribution is 6.37. The molecule has 0 unspecified atom stereocenters. The molecular formula is C15H12FNO4. The number of nitrogens with one attached hydrogen (secondary N) is 1. The molecule has 0 amide bonds. The number of carboxylic acids is 1. The van der Waals surface area contributed by atoms with Gasteiger partial charge in [-0.05, 0) is 23.8 Å². The Hall–Kier alpha value is -2.76. The molecule has 1 aromatic heterocycles. The highest BCUT2D eigenvalue weighted by Crippen LogP contribution is 2.15. The molecule has 0 saturated heterocycles. The largest absolute Gasteiger partial charge is 0.475 e. The summed E-state index contributed by atoms with van der Waals surface area (Å²) in [7, 11) is 0. The zero-order valence-electron chi connectivity index (χ0n) is 10.9. The van der Waals surface area contributed by atoms with Crippen molar-refractivity contribution in [2.45, 2.75) is 12.8 Å². The van der Waals surface area contributed by atoms with Crippen LogP contribution < -0.4 is 0 Å². The number of carbonyl (C=O) groups excluding carboxylic acids is 2. The van der Waals surface area contributed by atoms with Gasteiger partial charge in [-0.15, -0.1) is 0 Å². The summed E-state index contributed by atoms with van der Waals surface area (Å²) in [6, 6.07) is 7.41. The van der Waals surface area contributed by atoms with Crippen LogP contribution in [0.3, 0.4) is 0 Å². The van der Waals surface area contributed by atoms with Crippen LogP contribution >= 0.6 is 0 Å². The van der Waals surface area contributed by atoms with Crippen LogP contribution in [0.15, 0.2) is 36.5 Å². The number of rotatable bonds is 6. The van der Waals surface area contributed by atoms with Crippen molar-refractivity contribution in [3.05, 3.63) is 59.2 Å². The number of halogens is 1. The van der Waals surface area contributed by atoms with Gasteiger partial charge in [0, 0.05) is 23.9 Å². The van der Waals surface area contributed by atoms with Gasteiger partial charge in [-0.1, -0.05) is 12.1 Å². The van der Waals surface area contributed by atoms with Gasteiger partial charge in [-0.3, -0.25) is 9.59 Å².